The summed E-state index contributed by atoms with van der Waals surface area (Å²) in [5.41, 5.74) is 1.35. The van der Waals surface area contributed by atoms with Crippen molar-refractivity contribution >= 4 is 11.6 Å². The Kier molecular flexibility index (Phi) is 11.1. The predicted octanol–water partition coefficient (Wildman–Crippen LogP) is 2.68. The molecular weight excluding hydrogens is 402 g/mol. The average Bonchev–Trinajstić information content (AvgIpc) is 2.85. The lowest BCUT2D eigenvalue weighted by Crippen LogP contribution is -2.47. The van der Waals surface area contributed by atoms with Crippen LogP contribution < -0.4 is 10.2 Å². The average molecular weight is 446 g/mol. The molecule has 2 fully saturated rings. The Morgan fingerprint density at radius 2 is 1.72 bits per heavy atom. The minimum absolute atomic E-state index is 0.378. The lowest BCUT2D eigenvalue weighted by atomic mass is 10.1. The molecule has 0 saturated carbocycles. The zero-order chi connectivity index (χ0) is 22.4. The van der Waals surface area contributed by atoms with Crippen molar-refractivity contribution in [3.63, 3.8) is 0 Å². The van der Waals surface area contributed by atoms with E-state index in [0.29, 0.717) is 6.10 Å². The van der Waals surface area contributed by atoms with Crippen LogP contribution in [0.2, 0.25) is 0 Å². The van der Waals surface area contributed by atoms with Gasteiger partial charge in [-0.1, -0.05) is 18.2 Å². The summed E-state index contributed by atoms with van der Waals surface area (Å²) in [4.78, 5) is 12.0. The minimum atomic E-state index is 0.378. The molecule has 2 aliphatic rings. The second-order valence-corrected chi connectivity index (χ2v) is 8.75. The first kappa shape index (κ1) is 24.8. The predicted molar refractivity (Wildman–Crippen MR) is 133 cm³/mol. The van der Waals surface area contributed by atoms with Crippen LogP contribution in [0.1, 0.15) is 32.1 Å². The molecule has 0 spiro atoms. The van der Waals surface area contributed by atoms with Gasteiger partial charge in [0, 0.05) is 78.9 Å². The van der Waals surface area contributed by atoms with Crippen LogP contribution in [0.3, 0.4) is 0 Å². The monoisotopic (exact) mass is 445 g/mol. The third-order valence-corrected chi connectivity index (χ3v) is 6.48. The van der Waals surface area contributed by atoms with Gasteiger partial charge in [0.25, 0.3) is 0 Å². The number of piperidine rings is 1. The molecule has 0 unspecified atom stereocenters. The standard InChI is InChI=1S/C25H43N5O2/c1-26-25(30-15-11-24(12-16-30)32-22-8-21-31-2)27-13-6-7-14-28-17-19-29(20-18-28)23-9-4-3-5-10-23/h3-5,9-10,24H,6-8,11-22H2,1-2H3,(H,26,27). The van der Waals surface area contributed by atoms with Crippen molar-refractivity contribution in [2.45, 2.75) is 38.2 Å². The Morgan fingerprint density at radius 3 is 2.41 bits per heavy atom. The molecular formula is C25H43N5O2. The maximum atomic E-state index is 5.97. The number of hydrogen-bond donors (Lipinski definition) is 1. The Bertz CT molecular complexity index is 641. The second kappa shape index (κ2) is 14.3. The summed E-state index contributed by atoms with van der Waals surface area (Å²) in [5, 5.41) is 3.57. The molecule has 0 atom stereocenters. The first-order chi connectivity index (χ1) is 15.8. The third-order valence-electron chi connectivity index (χ3n) is 6.48. The molecule has 1 N–H and O–H groups in total. The van der Waals surface area contributed by atoms with E-state index in [0.717, 1.165) is 84.2 Å². The van der Waals surface area contributed by atoms with Crippen LogP contribution in [0.5, 0.6) is 0 Å². The summed E-state index contributed by atoms with van der Waals surface area (Å²) in [6, 6.07) is 10.8. The molecule has 1 aromatic rings. The van der Waals surface area contributed by atoms with E-state index in [1.807, 2.05) is 7.05 Å². The molecule has 32 heavy (non-hydrogen) atoms. The van der Waals surface area contributed by atoms with Crippen molar-refractivity contribution in [3.8, 4) is 0 Å². The van der Waals surface area contributed by atoms with Crippen molar-refractivity contribution < 1.29 is 9.47 Å². The zero-order valence-corrected chi connectivity index (χ0v) is 20.2. The van der Waals surface area contributed by atoms with Crippen molar-refractivity contribution in [2.24, 2.45) is 4.99 Å². The van der Waals surface area contributed by atoms with Gasteiger partial charge in [0.15, 0.2) is 5.96 Å². The number of anilines is 1. The Hall–Kier alpha value is -1.83. The SMILES string of the molecule is CN=C(NCCCCN1CCN(c2ccccc2)CC1)N1CCC(OCCCOC)CC1. The molecule has 7 nitrogen and oxygen atoms in total. The summed E-state index contributed by atoms with van der Waals surface area (Å²) in [6.07, 6.45) is 5.90. The third kappa shape index (κ3) is 8.26. The van der Waals surface area contributed by atoms with Crippen LogP contribution >= 0.6 is 0 Å². The van der Waals surface area contributed by atoms with Gasteiger partial charge in [-0.15, -0.1) is 0 Å². The van der Waals surface area contributed by atoms with Gasteiger partial charge >= 0.3 is 0 Å². The van der Waals surface area contributed by atoms with Crippen LogP contribution in [0.15, 0.2) is 35.3 Å². The molecule has 3 rings (SSSR count). The van der Waals surface area contributed by atoms with Crippen LogP contribution in [-0.4, -0.2) is 102 Å². The first-order valence-electron chi connectivity index (χ1n) is 12.4. The van der Waals surface area contributed by atoms with E-state index in [-0.39, 0.29) is 0 Å². The summed E-state index contributed by atoms with van der Waals surface area (Å²) in [6.45, 7) is 10.4. The van der Waals surface area contributed by atoms with E-state index < -0.39 is 0 Å². The fourth-order valence-electron chi connectivity index (χ4n) is 4.55. The molecule has 0 bridgehead atoms. The fraction of sp³-hybridized carbons (Fsp3) is 0.720. The van der Waals surface area contributed by atoms with E-state index in [9.17, 15) is 0 Å². The van der Waals surface area contributed by atoms with Crippen molar-refractivity contribution in [1.82, 2.24) is 15.1 Å². The zero-order valence-electron chi connectivity index (χ0n) is 20.2. The van der Waals surface area contributed by atoms with Gasteiger partial charge in [-0.2, -0.15) is 0 Å². The number of guanidine groups is 1. The molecule has 1 aromatic carbocycles. The van der Waals surface area contributed by atoms with Gasteiger partial charge in [-0.3, -0.25) is 9.89 Å². The van der Waals surface area contributed by atoms with Crippen LogP contribution in [0.25, 0.3) is 0 Å². The topological polar surface area (TPSA) is 52.6 Å². The van der Waals surface area contributed by atoms with Gasteiger partial charge in [0.2, 0.25) is 0 Å². The molecule has 180 valence electrons. The number of methoxy groups -OCH3 is 1. The van der Waals surface area contributed by atoms with Gasteiger partial charge in [-0.05, 0) is 50.8 Å². The number of ether oxygens (including phenoxy) is 2. The van der Waals surface area contributed by atoms with E-state index >= 15 is 0 Å². The van der Waals surface area contributed by atoms with Gasteiger partial charge in [0.1, 0.15) is 0 Å². The van der Waals surface area contributed by atoms with E-state index in [4.69, 9.17) is 9.47 Å². The molecule has 0 aliphatic carbocycles. The lowest BCUT2D eigenvalue weighted by Gasteiger charge is -2.36. The summed E-state index contributed by atoms with van der Waals surface area (Å²) in [5.74, 6) is 1.04. The number of nitrogens with one attached hydrogen (secondary N) is 1. The maximum absolute atomic E-state index is 5.97. The quantitative estimate of drug-likeness (QED) is 0.321. The largest absolute Gasteiger partial charge is 0.385 e. The van der Waals surface area contributed by atoms with Crippen molar-refractivity contribution in [1.29, 1.82) is 0 Å². The molecule has 0 aromatic heterocycles. The van der Waals surface area contributed by atoms with Crippen molar-refractivity contribution in [3.05, 3.63) is 30.3 Å². The van der Waals surface area contributed by atoms with Gasteiger partial charge in [-0.25, -0.2) is 0 Å². The van der Waals surface area contributed by atoms with Crippen LogP contribution in [0, 0.1) is 0 Å². The molecule has 2 saturated heterocycles. The van der Waals surface area contributed by atoms with E-state index in [2.05, 4.69) is 55.3 Å². The lowest BCUT2D eigenvalue weighted by molar-refractivity contribution is 0.00991. The highest BCUT2D eigenvalue weighted by molar-refractivity contribution is 5.79. The smallest absolute Gasteiger partial charge is 0.193 e. The maximum Gasteiger partial charge on any atom is 0.193 e. The highest BCUT2D eigenvalue weighted by Crippen LogP contribution is 2.16. The number of hydrogen-bond acceptors (Lipinski definition) is 5. The Balaban J connectivity index is 1.23. The number of piperazine rings is 1. The number of rotatable bonds is 11. The first-order valence-corrected chi connectivity index (χ1v) is 12.4. The van der Waals surface area contributed by atoms with E-state index in [1.54, 1.807) is 7.11 Å². The molecule has 0 amide bonds. The molecule has 7 heteroatoms. The molecule has 0 radical (unpaired) electrons. The number of unbranched alkanes of at least 4 members (excludes halogenated alkanes) is 1. The molecule has 2 heterocycles. The van der Waals surface area contributed by atoms with Crippen LogP contribution in [-0.2, 0) is 9.47 Å². The van der Waals surface area contributed by atoms with Crippen LogP contribution in [0.4, 0.5) is 5.69 Å². The number of para-hydroxylation sites is 1. The summed E-state index contributed by atoms with van der Waals surface area (Å²) in [7, 11) is 3.63. The highest BCUT2D eigenvalue weighted by atomic mass is 16.5. The van der Waals surface area contributed by atoms with Gasteiger partial charge < -0.3 is 24.6 Å². The number of nitrogens with zero attached hydrogens (tertiary/aromatic N) is 4. The fourth-order valence-corrected chi connectivity index (χ4v) is 4.55. The van der Waals surface area contributed by atoms with Gasteiger partial charge in [0.05, 0.1) is 6.10 Å². The molecule has 2 aliphatic heterocycles. The van der Waals surface area contributed by atoms with Crippen molar-refractivity contribution in [2.75, 3.05) is 84.6 Å². The number of likely N-dealkylation sites (tertiary alicyclic amines) is 1. The number of aliphatic imine (C=N–C) groups is 1. The summed E-state index contributed by atoms with van der Waals surface area (Å²) >= 11 is 0. The Labute approximate surface area is 194 Å². The minimum Gasteiger partial charge on any atom is -0.385 e. The Morgan fingerprint density at radius 1 is 0.969 bits per heavy atom. The summed E-state index contributed by atoms with van der Waals surface area (Å²) < 4.78 is 11.1. The second-order valence-electron chi connectivity index (χ2n) is 8.75. The normalized spacial score (nSPS) is 18.9. The highest BCUT2D eigenvalue weighted by Gasteiger charge is 2.22. The number of benzene rings is 1. The van der Waals surface area contributed by atoms with E-state index in [1.165, 1.54) is 25.1 Å².